The van der Waals surface area contributed by atoms with Crippen LogP contribution in [0.2, 0.25) is 0 Å². The molecule has 0 saturated carbocycles. The molecule has 6 nitrogen and oxygen atoms in total. The van der Waals surface area contributed by atoms with Gasteiger partial charge in [0.1, 0.15) is 0 Å². The van der Waals surface area contributed by atoms with E-state index < -0.39 is 15.6 Å². The molecule has 0 atom stereocenters. The summed E-state index contributed by atoms with van der Waals surface area (Å²) < 4.78 is 22.7. The normalized spacial score (nSPS) is 11.9. The van der Waals surface area contributed by atoms with Crippen LogP contribution in [0.15, 0.2) is 9.69 Å². The number of aryl methyl sites for hydroxylation is 2. The Balaban J connectivity index is 3.66. The highest BCUT2D eigenvalue weighted by atomic mass is 32.2. The van der Waals surface area contributed by atoms with Gasteiger partial charge in [0, 0.05) is 7.05 Å². The fourth-order valence-corrected chi connectivity index (χ4v) is 1.85. The van der Waals surface area contributed by atoms with Crippen LogP contribution in [-0.4, -0.2) is 18.2 Å². The maximum Gasteiger partial charge on any atom is 0.286 e. The van der Waals surface area contributed by atoms with E-state index in [0.717, 1.165) is 4.68 Å². The summed E-state index contributed by atoms with van der Waals surface area (Å²) in [5, 5.41) is 7.34. The molecule has 0 aliphatic carbocycles. The lowest BCUT2D eigenvalue weighted by atomic mass is 10.5. The molecule has 0 amide bonds. The van der Waals surface area contributed by atoms with Gasteiger partial charge in [-0.2, -0.15) is 0 Å². The van der Waals surface area contributed by atoms with Gasteiger partial charge in [0.25, 0.3) is 5.56 Å². The zero-order valence-electron chi connectivity index (χ0n) is 6.66. The van der Waals surface area contributed by atoms with E-state index in [1.807, 2.05) is 0 Å². The summed E-state index contributed by atoms with van der Waals surface area (Å²) in [4.78, 5) is 10.7. The van der Waals surface area contributed by atoms with Crippen LogP contribution in [0.4, 0.5) is 0 Å². The van der Waals surface area contributed by atoms with E-state index in [4.69, 9.17) is 5.14 Å². The lowest BCUT2D eigenvalue weighted by Crippen LogP contribution is -2.23. The van der Waals surface area contributed by atoms with Crippen LogP contribution in [0.5, 0.6) is 0 Å². The molecule has 0 saturated heterocycles. The Morgan fingerprint density at radius 3 is 2.17 bits per heavy atom. The molecule has 0 aliphatic heterocycles. The zero-order chi connectivity index (χ0) is 9.52. The van der Waals surface area contributed by atoms with Crippen molar-refractivity contribution >= 4 is 10.0 Å². The molecule has 0 unspecified atom stereocenters. The first-order valence-corrected chi connectivity index (χ1v) is 4.67. The van der Waals surface area contributed by atoms with Crippen molar-refractivity contribution in [1.29, 1.82) is 0 Å². The van der Waals surface area contributed by atoms with E-state index in [-0.39, 0.29) is 10.6 Å². The van der Waals surface area contributed by atoms with Crippen molar-refractivity contribution < 1.29 is 8.42 Å². The number of rotatable bonds is 1. The maximum atomic E-state index is 11.1. The molecular weight excluding hydrogens is 182 g/mol. The van der Waals surface area contributed by atoms with Crippen LogP contribution in [0.25, 0.3) is 0 Å². The maximum absolute atomic E-state index is 11.1. The highest BCUT2D eigenvalue weighted by Crippen LogP contribution is 2.03. The van der Waals surface area contributed by atoms with Gasteiger partial charge in [0.2, 0.25) is 10.0 Å². The zero-order valence-corrected chi connectivity index (χ0v) is 7.47. The Hall–Kier alpha value is -1.08. The third-order valence-electron chi connectivity index (χ3n) is 1.46. The van der Waals surface area contributed by atoms with Gasteiger partial charge in [-0.15, -0.1) is 0 Å². The lowest BCUT2D eigenvalue weighted by Gasteiger charge is -1.90. The van der Waals surface area contributed by atoms with Gasteiger partial charge in [-0.05, 0) is 6.92 Å². The largest absolute Gasteiger partial charge is 0.299 e. The standard InChI is InChI=1S/C5H9N3O3S/c1-3-4(12(6,10)11)5(9)8(2)7-3/h7H,1-2H3,(H2,6,10,11). The molecule has 0 aromatic carbocycles. The number of hydrogen-bond acceptors (Lipinski definition) is 3. The van der Waals surface area contributed by atoms with E-state index >= 15 is 0 Å². The van der Waals surface area contributed by atoms with Gasteiger partial charge in [-0.25, -0.2) is 13.6 Å². The Morgan fingerprint density at radius 2 is 2.00 bits per heavy atom. The topological polar surface area (TPSA) is 97.9 Å². The van der Waals surface area contributed by atoms with Crippen LogP contribution in [0, 0.1) is 6.92 Å². The summed E-state index contributed by atoms with van der Waals surface area (Å²) >= 11 is 0. The van der Waals surface area contributed by atoms with Gasteiger partial charge >= 0.3 is 0 Å². The molecule has 0 aliphatic rings. The first-order valence-electron chi connectivity index (χ1n) is 3.12. The fourth-order valence-electron chi connectivity index (χ4n) is 1.00. The summed E-state index contributed by atoms with van der Waals surface area (Å²) in [6.45, 7) is 1.47. The highest BCUT2D eigenvalue weighted by Gasteiger charge is 2.19. The lowest BCUT2D eigenvalue weighted by molar-refractivity contribution is 0.596. The van der Waals surface area contributed by atoms with Crippen LogP contribution < -0.4 is 10.7 Å². The minimum absolute atomic E-state index is 0.255. The minimum Gasteiger partial charge on any atom is -0.299 e. The summed E-state index contributed by atoms with van der Waals surface area (Å²) in [5.41, 5.74) is -0.375. The smallest absolute Gasteiger partial charge is 0.286 e. The Labute approximate surface area is 69.0 Å². The predicted octanol–water partition coefficient (Wildman–Crippen LogP) is -1.33. The predicted molar refractivity (Wildman–Crippen MR) is 42.1 cm³/mol. The van der Waals surface area contributed by atoms with Crippen molar-refractivity contribution in [3.8, 4) is 0 Å². The fraction of sp³-hybridized carbons (Fsp3) is 0.400. The Morgan fingerprint density at radius 1 is 1.50 bits per heavy atom. The molecule has 7 heteroatoms. The van der Waals surface area contributed by atoms with E-state index in [1.165, 1.54) is 14.0 Å². The van der Waals surface area contributed by atoms with Crippen molar-refractivity contribution in [3.05, 3.63) is 16.0 Å². The molecule has 0 fully saturated rings. The van der Waals surface area contributed by atoms with E-state index in [9.17, 15) is 13.2 Å². The van der Waals surface area contributed by atoms with Gasteiger partial charge in [0.15, 0.2) is 4.90 Å². The number of nitrogens with two attached hydrogens (primary N) is 1. The number of nitrogens with zero attached hydrogens (tertiary/aromatic N) is 1. The molecule has 3 N–H and O–H groups in total. The molecule has 1 aromatic heterocycles. The Bertz CT molecular complexity index is 453. The van der Waals surface area contributed by atoms with Crippen LogP contribution >= 0.6 is 0 Å². The summed E-state index contributed by atoms with van der Waals surface area (Å²) in [6, 6.07) is 0. The second-order valence-corrected chi connectivity index (χ2v) is 3.97. The van der Waals surface area contributed by atoms with Crippen molar-refractivity contribution in [2.24, 2.45) is 12.2 Å². The second kappa shape index (κ2) is 2.46. The monoisotopic (exact) mass is 191 g/mol. The second-order valence-electron chi connectivity index (χ2n) is 2.48. The molecule has 1 aromatic rings. The van der Waals surface area contributed by atoms with Crippen molar-refractivity contribution in [1.82, 2.24) is 9.78 Å². The quantitative estimate of drug-likeness (QED) is 0.575. The molecular formula is C5H9N3O3S. The number of aromatic nitrogens is 2. The molecule has 1 rings (SSSR count). The number of aromatic amines is 1. The first-order chi connectivity index (χ1) is 5.34. The minimum atomic E-state index is -3.91. The van der Waals surface area contributed by atoms with Crippen LogP contribution in [0.3, 0.4) is 0 Å². The summed E-state index contributed by atoms with van der Waals surface area (Å²) in [7, 11) is -2.49. The van der Waals surface area contributed by atoms with Gasteiger partial charge in [-0.1, -0.05) is 0 Å². The Kier molecular flexibility index (Phi) is 1.85. The van der Waals surface area contributed by atoms with Gasteiger partial charge in [0.05, 0.1) is 5.69 Å². The molecule has 0 spiro atoms. The third kappa shape index (κ3) is 1.28. The van der Waals surface area contributed by atoms with Crippen molar-refractivity contribution in [2.45, 2.75) is 11.8 Å². The highest BCUT2D eigenvalue weighted by molar-refractivity contribution is 7.89. The van der Waals surface area contributed by atoms with Crippen molar-refractivity contribution in [2.75, 3.05) is 0 Å². The third-order valence-corrected chi connectivity index (χ3v) is 2.51. The number of hydrogen-bond donors (Lipinski definition) is 2. The first kappa shape index (κ1) is 9.01. The number of sulfonamides is 1. The van der Waals surface area contributed by atoms with Gasteiger partial charge in [-0.3, -0.25) is 14.6 Å². The van der Waals surface area contributed by atoms with E-state index in [0.29, 0.717) is 0 Å². The van der Waals surface area contributed by atoms with Crippen LogP contribution in [-0.2, 0) is 17.1 Å². The average Bonchev–Trinajstić information content (AvgIpc) is 2.05. The molecule has 0 bridgehead atoms. The molecule has 0 radical (unpaired) electrons. The molecule has 68 valence electrons. The number of primary sulfonamides is 1. The number of H-pyrrole nitrogens is 1. The summed E-state index contributed by atoms with van der Waals surface area (Å²) in [6.07, 6.45) is 0. The number of nitrogens with one attached hydrogen (secondary N) is 1. The molecule has 12 heavy (non-hydrogen) atoms. The SMILES string of the molecule is Cc1[nH]n(C)c(=O)c1S(N)(=O)=O. The van der Waals surface area contributed by atoms with E-state index in [2.05, 4.69) is 5.10 Å². The van der Waals surface area contributed by atoms with E-state index in [1.54, 1.807) is 0 Å². The average molecular weight is 191 g/mol. The van der Waals surface area contributed by atoms with Crippen LogP contribution in [0.1, 0.15) is 5.69 Å². The van der Waals surface area contributed by atoms with Crippen molar-refractivity contribution in [3.63, 3.8) is 0 Å². The molecule has 1 heterocycles. The van der Waals surface area contributed by atoms with Gasteiger partial charge < -0.3 is 0 Å². The summed E-state index contributed by atoms with van der Waals surface area (Å²) in [5.74, 6) is 0.